The maximum Gasteiger partial charge on any atom is 0.274 e. The van der Waals surface area contributed by atoms with Crippen LogP contribution in [0.15, 0.2) is 16.9 Å². The minimum Gasteiger partial charge on any atom is -0.332 e. The molecule has 1 amide bonds. The lowest BCUT2D eigenvalue weighted by molar-refractivity contribution is 0.0681. The average molecular weight is 277 g/mol. The molecule has 1 saturated carbocycles. The largest absolute Gasteiger partial charge is 0.332 e. The van der Waals surface area contributed by atoms with E-state index in [1.807, 2.05) is 18.7 Å². The smallest absolute Gasteiger partial charge is 0.274 e. The molecule has 5 heteroatoms. The molecular formula is C15H23N3O2. The number of carbonyl (C=O) groups is 1. The summed E-state index contributed by atoms with van der Waals surface area (Å²) in [5, 5.41) is 4.24. The zero-order valence-electron chi connectivity index (χ0n) is 12.5. The molecule has 0 bridgehead atoms. The van der Waals surface area contributed by atoms with E-state index in [1.165, 1.54) is 10.7 Å². The van der Waals surface area contributed by atoms with Gasteiger partial charge in [-0.25, -0.2) is 4.68 Å². The van der Waals surface area contributed by atoms with Crippen LogP contribution in [0.1, 0.15) is 56.9 Å². The van der Waals surface area contributed by atoms with E-state index in [4.69, 9.17) is 0 Å². The van der Waals surface area contributed by atoms with Gasteiger partial charge in [0.15, 0.2) is 0 Å². The normalized spacial score (nSPS) is 14.6. The Morgan fingerprint density at radius 1 is 1.45 bits per heavy atom. The highest BCUT2D eigenvalue weighted by molar-refractivity contribution is 5.92. The van der Waals surface area contributed by atoms with E-state index in [1.54, 1.807) is 6.07 Å². The minimum atomic E-state index is -0.141. The number of aryl methyl sites for hydroxylation is 1. The lowest BCUT2D eigenvalue weighted by Gasteiger charge is -2.26. The maximum atomic E-state index is 12.6. The molecule has 0 radical (unpaired) electrons. The Bertz CT molecular complexity index is 530. The van der Waals surface area contributed by atoms with Crippen molar-refractivity contribution in [2.24, 2.45) is 0 Å². The Hall–Kier alpha value is -1.65. The molecule has 5 nitrogen and oxygen atoms in total. The first-order valence-corrected chi connectivity index (χ1v) is 7.45. The van der Waals surface area contributed by atoms with Crippen LogP contribution in [0.5, 0.6) is 0 Å². The lowest BCUT2D eigenvalue weighted by Crippen LogP contribution is -2.40. The zero-order valence-corrected chi connectivity index (χ0v) is 12.5. The fourth-order valence-electron chi connectivity index (χ4n) is 2.34. The Labute approximate surface area is 119 Å². The molecule has 1 aliphatic carbocycles. The highest BCUT2D eigenvalue weighted by atomic mass is 16.2. The van der Waals surface area contributed by atoms with E-state index >= 15 is 0 Å². The van der Waals surface area contributed by atoms with Gasteiger partial charge in [0.25, 0.3) is 11.5 Å². The van der Waals surface area contributed by atoms with Crippen LogP contribution in [0.25, 0.3) is 0 Å². The summed E-state index contributed by atoms with van der Waals surface area (Å²) in [5.41, 5.74) is 0.235. The van der Waals surface area contributed by atoms with Crippen molar-refractivity contribution in [1.29, 1.82) is 0 Å². The first-order valence-electron chi connectivity index (χ1n) is 7.45. The fraction of sp³-hybridized carbons (Fsp3) is 0.667. The highest BCUT2D eigenvalue weighted by Crippen LogP contribution is 2.29. The Kier molecular flexibility index (Phi) is 4.57. The molecule has 1 aromatic rings. The van der Waals surface area contributed by atoms with Gasteiger partial charge in [0.05, 0.1) is 0 Å². The van der Waals surface area contributed by atoms with Gasteiger partial charge in [-0.05, 0) is 39.2 Å². The summed E-state index contributed by atoms with van der Waals surface area (Å²) in [4.78, 5) is 26.2. The van der Waals surface area contributed by atoms with Gasteiger partial charge in [-0.2, -0.15) is 5.10 Å². The lowest BCUT2D eigenvalue weighted by atomic mass is 10.2. The van der Waals surface area contributed by atoms with Gasteiger partial charge in [-0.1, -0.05) is 13.3 Å². The number of aromatic nitrogens is 2. The monoisotopic (exact) mass is 277 g/mol. The van der Waals surface area contributed by atoms with Crippen LogP contribution in [-0.4, -0.2) is 32.7 Å². The van der Waals surface area contributed by atoms with E-state index in [9.17, 15) is 9.59 Å². The molecular weight excluding hydrogens is 254 g/mol. The molecule has 0 N–H and O–H groups in total. The van der Waals surface area contributed by atoms with Gasteiger partial charge < -0.3 is 4.90 Å². The third kappa shape index (κ3) is 3.26. The summed E-state index contributed by atoms with van der Waals surface area (Å²) in [6.45, 7) is 6.67. The number of nitrogens with zero attached hydrogens (tertiary/aromatic N) is 3. The summed E-state index contributed by atoms with van der Waals surface area (Å²) in [6, 6.07) is 3.50. The molecule has 1 fully saturated rings. The standard InChI is InChI=1S/C15H23N3O2/c1-4-5-10-17-14(19)9-8-13(16-17)15(20)18(11(2)3)12-6-7-12/h8-9,11-12H,4-7,10H2,1-3H3. The molecule has 0 spiro atoms. The second-order valence-electron chi connectivity index (χ2n) is 5.67. The van der Waals surface area contributed by atoms with E-state index in [0.29, 0.717) is 18.3 Å². The molecule has 0 aromatic carbocycles. The summed E-state index contributed by atoms with van der Waals surface area (Å²) >= 11 is 0. The van der Waals surface area contributed by atoms with Crippen molar-refractivity contribution in [2.45, 2.75) is 65.1 Å². The topological polar surface area (TPSA) is 55.2 Å². The van der Waals surface area contributed by atoms with Crippen molar-refractivity contribution < 1.29 is 4.79 Å². The first-order chi connectivity index (χ1) is 9.54. The molecule has 1 aromatic heterocycles. The number of unbranched alkanes of at least 4 members (excludes halogenated alkanes) is 1. The van der Waals surface area contributed by atoms with Crippen molar-refractivity contribution in [3.63, 3.8) is 0 Å². The van der Waals surface area contributed by atoms with Crippen molar-refractivity contribution in [3.8, 4) is 0 Å². The van der Waals surface area contributed by atoms with Crippen LogP contribution in [0.3, 0.4) is 0 Å². The Balaban J connectivity index is 2.22. The molecule has 0 unspecified atom stereocenters. The molecule has 2 rings (SSSR count). The second kappa shape index (κ2) is 6.20. The van der Waals surface area contributed by atoms with Crippen LogP contribution in [0.4, 0.5) is 0 Å². The quantitative estimate of drug-likeness (QED) is 0.799. The predicted molar refractivity (Wildman–Crippen MR) is 77.7 cm³/mol. The number of hydrogen-bond donors (Lipinski definition) is 0. The summed E-state index contributed by atoms with van der Waals surface area (Å²) < 4.78 is 1.40. The average Bonchev–Trinajstić information content (AvgIpc) is 3.22. The predicted octanol–water partition coefficient (Wildman–Crippen LogP) is 2.06. The van der Waals surface area contributed by atoms with E-state index in [-0.39, 0.29) is 17.5 Å². The zero-order chi connectivity index (χ0) is 14.7. The first kappa shape index (κ1) is 14.8. The Morgan fingerprint density at radius 2 is 2.15 bits per heavy atom. The fourth-order valence-corrected chi connectivity index (χ4v) is 2.34. The summed E-state index contributed by atoms with van der Waals surface area (Å²) in [7, 11) is 0. The number of carbonyl (C=O) groups excluding carboxylic acids is 1. The summed E-state index contributed by atoms with van der Waals surface area (Å²) in [6.07, 6.45) is 4.02. The van der Waals surface area contributed by atoms with Gasteiger partial charge >= 0.3 is 0 Å². The molecule has 1 heterocycles. The molecule has 1 aliphatic rings. The van der Waals surface area contributed by atoms with Crippen LogP contribution < -0.4 is 5.56 Å². The molecule has 0 aliphatic heterocycles. The molecule has 0 atom stereocenters. The van der Waals surface area contributed by atoms with E-state index in [0.717, 1.165) is 25.7 Å². The maximum absolute atomic E-state index is 12.6. The number of rotatable bonds is 6. The van der Waals surface area contributed by atoms with Crippen LogP contribution >= 0.6 is 0 Å². The van der Waals surface area contributed by atoms with Gasteiger partial charge in [-0.15, -0.1) is 0 Å². The third-order valence-corrected chi connectivity index (χ3v) is 3.54. The highest BCUT2D eigenvalue weighted by Gasteiger charge is 2.35. The van der Waals surface area contributed by atoms with Crippen molar-refractivity contribution in [3.05, 3.63) is 28.2 Å². The third-order valence-electron chi connectivity index (χ3n) is 3.54. The van der Waals surface area contributed by atoms with Crippen LogP contribution in [0, 0.1) is 0 Å². The SMILES string of the molecule is CCCCn1nc(C(=O)N(C(C)C)C2CC2)ccc1=O. The van der Waals surface area contributed by atoms with Gasteiger partial charge in [0.1, 0.15) is 5.69 Å². The van der Waals surface area contributed by atoms with Crippen molar-refractivity contribution in [1.82, 2.24) is 14.7 Å². The number of amides is 1. The minimum absolute atomic E-state index is 0.0623. The van der Waals surface area contributed by atoms with Gasteiger partial charge in [0, 0.05) is 24.7 Å². The van der Waals surface area contributed by atoms with Crippen molar-refractivity contribution in [2.75, 3.05) is 0 Å². The van der Waals surface area contributed by atoms with Crippen LogP contribution in [-0.2, 0) is 6.54 Å². The van der Waals surface area contributed by atoms with Gasteiger partial charge in [0.2, 0.25) is 0 Å². The van der Waals surface area contributed by atoms with E-state index in [2.05, 4.69) is 12.0 Å². The second-order valence-corrected chi connectivity index (χ2v) is 5.67. The number of hydrogen-bond acceptors (Lipinski definition) is 3. The summed E-state index contributed by atoms with van der Waals surface area (Å²) in [5.74, 6) is -0.0623. The van der Waals surface area contributed by atoms with E-state index < -0.39 is 0 Å². The van der Waals surface area contributed by atoms with Crippen molar-refractivity contribution >= 4 is 5.91 Å². The molecule has 0 saturated heterocycles. The molecule has 110 valence electrons. The van der Waals surface area contributed by atoms with Crippen LogP contribution in [0.2, 0.25) is 0 Å². The van der Waals surface area contributed by atoms with Gasteiger partial charge in [-0.3, -0.25) is 9.59 Å². The molecule has 20 heavy (non-hydrogen) atoms. The Morgan fingerprint density at radius 3 is 2.70 bits per heavy atom.